The Kier molecular flexibility index (Phi) is 10.8. The highest BCUT2D eigenvalue weighted by Gasteiger charge is 2.31. The summed E-state index contributed by atoms with van der Waals surface area (Å²) in [6.45, 7) is 4.23. The zero-order valence-corrected chi connectivity index (χ0v) is 21.7. The van der Waals surface area contributed by atoms with E-state index in [1.807, 2.05) is 29.5 Å². The molecule has 1 aromatic heterocycles. The Bertz CT molecular complexity index is 842. The molecule has 2 heterocycles. The molecule has 3 rings (SSSR count). The van der Waals surface area contributed by atoms with E-state index in [0.717, 1.165) is 25.2 Å². The highest BCUT2D eigenvalue weighted by molar-refractivity contribution is 14.0. The molecule has 1 saturated heterocycles. The first-order chi connectivity index (χ1) is 14.6. The molecule has 0 spiro atoms. The fourth-order valence-electron chi connectivity index (χ4n) is 4.07. The molecule has 0 radical (unpaired) electrons. The summed E-state index contributed by atoms with van der Waals surface area (Å²) >= 11 is 1.83. The van der Waals surface area contributed by atoms with Crippen molar-refractivity contribution in [3.8, 4) is 0 Å². The van der Waals surface area contributed by atoms with Gasteiger partial charge in [-0.15, -0.1) is 35.3 Å². The number of halogens is 1. The lowest BCUT2D eigenvalue weighted by atomic mass is 9.88. The van der Waals surface area contributed by atoms with Gasteiger partial charge in [-0.25, -0.2) is 0 Å². The number of nitrogens with one attached hydrogen (secondary N) is 3. The van der Waals surface area contributed by atoms with Crippen molar-refractivity contribution in [2.24, 2.45) is 10.9 Å². The lowest BCUT2D eigenvalue weighted by molar-refractivity contribution is -0.115. The second-order valence-corrected chi connectivity index (χ2v) is 8.73. The van der Waals surface area contributed by atoms with E-state index in [4.69, 9.17) is 0 Å². The van der Waals surface area contributed by atoms with Gasteiger partial charge in [0, 0.05) is 30.2 Å². The smallest absolute Gasteiger partial charge is 0.243 e. The van der Waals surface area contributed by atoms with Crippen molar-refractivity contribution in [2.75, 3.05) is 39.0 Å². The number of guanidine groups is 1. The number of hydrogen-bond acceptors (Lipinski definition) is 4. The summed E-state index contributed by atoms with van der Waals surface area (Å²) in [5.41, 5.74) is 2.03. The number of carbonyl (C=O) groups excluding carboxylic acids is 1. The molecule has 1 fully saturated rings. The molecule has 2 atom stereocenters. The first kappa shape index (κ1) is 25.6. The van der Waals surface area contributed by atoms with E-state index in [-0.39, 0.29) is 36.4 Å². The largest absolute Gasteiger partial charge is 0.356 e. The number of anilines is 1. The Morgan fingerprint density at radius 2 is 2.10 bits per heavy atom. The lowest BCUT2D eigenvalue weighted by Gasteiger charge is -2.39. The molecule has 8 heteroatoms. The summed E-state index contributed by atoms with van der Waals surface area (Å²) in [7, 11) is 3.95. The second-order valence-electron chi connectivity index (χ2n) is 7.75. The van der Waals surface area contributed by atoms with Gasteiger partial charge >= 0.3 is 0 Å². The lowest BCUT2D eigenvalue weighted by Crippen LogP contribution is -2.46. The number of likely N-dealkylation sites (tertiary alicyclic amines) is 1. The molecule has 0 aliphatic carbocycles. The minimum Gasteiger partial charge on any atom is -0.356 e. The van der Waals surface area contributed by atoms with Gasteiger partial charge in [0.2, 0.25) is 5.91 Å². The number of rotatable bonds is 7. The van der Waals surface area contributed by atoms with Crippen LogP contribution in [-0.4, -0.2) is 50.5 Å². The van der Waals surface area contributed by atoms with Gasteiger partial charge in [0.25, 0.3) is 0 Å². The zero-order chi connectivity index (χ0) is 21.3. The number of benzene rings is 1. The summed E-state index contributed by atoms with van der Waals surface area (Å²) < 4.78 is 0. The normalized spacial score (nSPS) is 19.4. The van der Waals surface area contributed by atoms with E-state index >= 15 is 0 Å². The maximum atomic E-state index is 12.3. The standard InChI is InChI=1S/C23H33N5OS.HI/c1-4-17-8-5-10-19(14-17)27-21(29)16-26-23(24-2)25-15-18-9-6-12-28(3)22(18)20-11-7-13-30-20;/h5,7-8,10-11,13-14,18,22H,4,6,9,12,15-16H2,1-3H3,(H,27,29)(H2,24,25,26);1H. The molecule has 31 heavy (non-hydrogen) atoms. The van der Waals surface area contributed by atoms with Gasteiger partial charge in [0.1, 0.15) is 0 Å². The molecule has 170 valence electrons. The Hall–Kier alpha value is -1.65. The summed E-state index contributed by atoms with van der Waals surface area (Å²) in [6, 6.07) is 12.7. The molecular formula is C23H34IN5OS. The number of amides is 1. The van der Waals surface area contributed by atoms with E-state index in [1.54, 1.807) is 7.05 Å². The number of aryl methyl sites for hydroxylation is 1. The predicted octanol–water partition coefficient (Wildman–Crippen LogP) is 4.12. The first-order valence-electron chi connectivity index (χ1n) is 10.7. The predicted molar refractivity (Wildman–Crippen MR) is 142 cm³/mol. The van der Waals surface area contributed by atoms with E-state index in [9.17, 15) is 4.79 Å². The van der Waals surface area contributed by atoms with Crippen LogP contribution in [0.25, 0.3) is 0 Å². The maximum absolute atomic E-state index is 12.3. The van der Waals surface area contributed by atoms with E-state index in [0.29, 0.717) is 17.9 Å². The Morgan fingerprint density at radius 1 is 1.26 bits per heavy atom. The third-order valence-electron chi connectivity index (χ3n) is 5.63. The molecule has 2 unspecified atom stereocenters. The summed E-state index contributed by atoms with van der Waals surface area (Å²) in [4.78, 5) is 20.5. The number of nitrogens with zero attached hydrogens (tertiary/aromatic N) is 2. The van der Waals surface area contributed by atoms with Crippen LogP contribution in [0.15, 0.2) is 46.8 Å². The van der Waals surface area contributed by atoms with Crippen molar-refractivity contribution in [2.45, 2.75) is 32.2 Å². The average Bonchev–Trinajstić information content (AvgIpc) is 3.28. The Morgan fingerprint density at radius 3 is 2.81 bits per heavy atom. The van der Waals surface area contributed by atoms with Gasteiger partial charge in [-0.2, -0.15) is 0 Å². The molecule has 6 nitrogen and oxygen atoms in total. The van der Waals surface area contributed by atoms with Crippen LogP contribution in [0.4, 0.5) is 5.69 Å². The van der Waals surface area contributed by atoms with Crippen LogP contribution >= 0.6 is 35.3 Å². The molecule has 3 N–H and O–H groups in total. The Balaban J connectivity index is 0.00000341. The van der Waals surface area contributed by atoms with Crippen LogP contribution in [0, 0.1) is 5.92 Å². The van der Waals surface area contributed by atoms with Crippen molar-refractivity contribution in [1.29, 1.82) is 0 Å². The summed E-state index contributed by atoms with van der Waals surface area (Å²) in [6.07, 6.45) is 3.34. The van der Waals surface area contributed by atoms with Gasteiger partial charge in [0.05, 0.1) is 6.54 Å². The average molecular weight is 556 g/mol. The quantitative estimate of drug-likeness (QED) is 0.273. The molecule has 1 aromatic carbocycles. The summed E-state index contributed by atoms with van der Waals surface area (Å²) in [5, 5.41) is 11.7. The fourth-order valence-corrected chi connectivity index (χ4v) is 5.05. The SMILES string of the molecule is CCc1cccc(NC(=O)CNC(=NC)NCC2CCCN(C)C2c2cccs2)c1.I. The van der Waals surface area contributed by atoms with Crippen LogP contribution in [0.5, 0.6) is 0 Å². The number of aliphatic imine (C=N–C) groups is 1. The highest BCUT2D eigenvalue weighted by atomic mass is 127. The minimum absolute atomic E-state index is 0. The van der Waals surface area contributed by atoms with Gasteiger partial charge in [-0.1, -0.05) is 25.1 Å². The van der Waals surface area contributed by atoms with Crippen LogP contribution < -0.4 is 16.0 Å². The van der Waals surface area contributed by atoms with E-state index < -0.39 is 0 Å². The first-order valence-corrected chi connectivity index (χ1v) is 11.6. The molecule has 0 bridgehead atoms. The maximum Gasteiger partial charge on any atom is 0.243 e. The number of carbonyl (C=O) groups is 1. The summed E-state index contributed by atoms with van der Waals surface area (Å²) in [5.74, 6) is 1.08. The number of piperidine rings is 1. The molecule has 1 aliphatic rings. The highest BCUT2D eigenvalue weighted by Crippen LogP contribution is 2.36. The van der Waals surface area contributed by atoms with Gasteiger partial charge in [-0.3, -0.25) is 14.7 Å². The van der Waals surface area contributed by atoms with Crippen LogP contribution in [-0.2, 0) is 11.2 Å². The third kappa shape index (κ3) is 7.47. The van der Waals surface area contributed by atoms with Crippen molar-refractivity contribution < 1.29 is 4.79 Å². The molecule has 2 aromatic rings. The second kappa shape index (κ2) is 13.0. The van der Waals surface area contributed by atoms with Crippen molar-refractivity contribution in [3.05, 3.63) is 52.2 Å². The van der Waals surface area contributed by atoms with Crippen molar-refractivity contribution in [3.63, 3.8) is 0 Å². The van der Waals surface area contributed by atoms with Gasteiger partial charge in [-0.05, 0) is 67.9 Å². The van der Waals surface area contributed by atoms with Crippen LogP contribution in [0.2, 0.25) is 0 Å². The van der Waals surface area contributed by atoms with E-state index in [1.165, 1.54) is 23.3 Å². The Labute approximate surface area is 206 Å². The van der Waals surface area contributed by atoms with Crippen LogP contribution in [0.3, 0.4) is 0 Å². The van der Waals surface area contributed by atoms with Crippen molar-refractivity contribution in [1.82, 2.24) is 15.5 Å². The molecule has 1 aliphatic heterocycles. The zero-order valence-electron chi connectivity index (χ0n) is 18.6. The topological polar surface area (TPSA) is 68.8 Å². The monoisotopic (exact) mass is 555 g/mol. The van der Waals surface area contributed by atoms with Gasteiger partial charge < -0.3 is 16.0 Å². The third-order valence-corrected chi connectivity index (χ3v) is 6.58. The van der Waals surface area contributed by atoms with Crippen LogP contribution in [0.1, 0.15) is 36.2 Å². The molecular weight excluding hydrogens is 521 g/mol. The minimum atomic E-state index is -0.0833. The number of thiophene rings is 1. The molecule has 1 amide bonds. The van der Waals surface area contributed by atoms with E-state index in [2.05, 4.69) is 63.4 Å². The molecule has 0 saturated carbocycles. The van der Waals surface area contributed by atoms with Gasteiger partial charge in [0.15, 0.2) is 5.96 Å². The van der Waals surface area contributed by atoms with Crippen molar-refractivity contribution >= 4 is 52.9 Å². The fraction of sp³-hybridized carbons (Fsp3) is 0.478. The number of hydrogen-bond donors (Lipinski definition) is 3.